The summed E-state index contributed by atoms with van der Waals surface area (Å²) in [7, 11) is 0. The highest BCUT2D eigenvalue weighted by molar-refractivity contribution is 5.94. The molecule has 0 aromatic heterocycles. The van der Waals surface area contributed by atoms with Crippen molar-refractivity contribution in [2.24, 2.45) is 0 Å². The largest absolute Gasteiger partial charge is 0.319 e. The van der Waals surface area contributed by atoms with Gasteiger partial charge in [-0.2, -0.15) is 0 Å². The highest BCUT2D eigenvalue weighted by Crippen LogP contribution is 2.27. The molecule has 1 aromatic rings. The third-order valence-corrected chi connectivity index (χ3v) is 2.60. The number of hydrogen-bond acceptors (Lipinski definition) is 4. The van der Waals surface area contributed by atoms with E-state index in [1.54, 1.807) is 13.0 Å². The number of aryl methyl sites for hydroxylation is 2. The number of rotatable bonds is 5. The van der Waals surface area contributed by atoms with Crippen LogP contribution in [-0.4, -0.2) is 23.9 Å². The number of amides is 1. The van der Waals surface area contributed by atoms with E-state index in [4.69, 9.17) is 6.42 Å². The summed E-state index contributed by atoms with van der Waals surface area (Å²) in [6, 6.07) is 3.03. The molecule has 1 amide bonds. The molecule has 1 rings (SSSR count). The number of nitro benzene ring substituents is 1. The summed E-state index contributed by atoms with van der Waals surface area (Å²) < 4.78 is 0. The van der Waals surface area contributed by atoms with Crippen molar-refractivity contribution in [3.63, 3.8) is 0 Å². The number of benzene rings is 1. The number of carbonyl (C=O) groups excluding carboxylic acids is 1. The third kappa shape index (κ3) is 4.08. The van der Waals surface area contributed by atoms with Gasteiger partial charge in [0.15, 0.2) is 0 Å². The second kappa shape index (κ2) is 6.52. The van der Waals surface area contributed by atoms with E-state index in [-0.39, 0.29) is 30.4 Å². The lowest BCUT2D eigenvalue weighted by molar-refractivity contribution is -0.384. The van der Waals surface area contributed by atoms with Gasteiger partial charge in [0.25, 0.3) is 5.69 Å². The van der Waals surface area contributed by atoms with Gasteiger partial charge in [-0.1, -0.05) is 5.92 Å². The molecule has 0 fully saturated rings. The van der Waals surface area contributed by atoms with Crippen molar-refractivity contribution >= 4 is 17.3 Å². The Hall–Kier alpha value is -2.39. The minimum atomic E-state index is -0.517. The Bertz CT molecular complexity index is 547. The zero-order valence-electron chi connectivity index (χ0n) is 10.8. The van der Waals surface area contributed by atoms with Gasteiger partial charge in [-0.15, -0.1) is 6.42 Å². The predicted octanol–water partition coefficient (Wildman–Crippen LogP) is 1.37. The highest BCUT2D eigenvalue weighted by Gasteiger charge is 2.17. The van der Waals surface area contributed by atoms with Crippen LogP contribution in [0.1, 0.15) is 11.1 Å². The summed E-state index contributed by atoms with van der Waals surface area (Å²) in [4.78, 5) is 22.0. The Balaban J connectivity index is 2.88. The molecule has 0 bridgehead atoms. The second-order valence-corrected chi connectivity index (χ2v) is 4.07. The molecule has 2 N–H and O–H groups in total. The lowest BCUT2D eigenvalue weighted by atomic mass is 10.1. The van der Waals surface area contributed by atoms with Gasteiger partial charge in [0.2, 0.25) is 5.91 Å². The summed E-state index contributed by atoms with van der Waals surface area (Å²) in [5, 5.41) is 16.2. The van der Waals surface area contributed by atoms with Crippen LogP contribution in [0.2, 0.25) is 0 Å². The minimum absolute atomic E-state index is 0.00821. The molecule has 100 valence electrons. The van der Waals surface area contributed by atoms with Crippen LogP contribution in [0.25, 0.3) is 0 Å². The van der Waals surface area contributed by atoms with Crippen LogP contribution >= 0.6 is 0 Å². The summed E-state index contributed by atoms with van der Waals surface area (Å²) in [6.07, 6.45) is 5.03. The molecule has 0 saturated heterocycles. The van der Waals surface area contributed by atoms with Crippen LogP contribution in [0, 0.1) is 36.3 Å². The van der Waals surface area contributed by atoms with Crippen molar-refractivity contribution in [3.8, 4) is 12.3 Å². The number of nitrogens with zero attached hydrogens (tertiary/aromatic N) is 1. The number of nitro groups is 1. The fraction of sp³-hybridized carbons (Fsp3) is 0.308. The average molecular weight is 261 g/mol. The van der Waals surface area contributed by atoms with Gasteiger partial charge >= 0.3 is 0 Å². The standard InChI is InChI=1S/C13H15N3O3/c1-4-5-14-8-13(17)15-11-6-9(2)10(3)7-12(11)16(18)19/h1,6-7,14H,5,8H2,2-3H3,(H,15,17). The van der Waals surface area contributed by atoms with Gasteiger partial charge in [0.05, 0.1) is 18.0 Å². The summed E-state index contributed by atoms with van der Waals surface area (Å²) >= 11 is 0. The fourth-order valence-corrected chi connectivity index (χ4v) is 1.49. The average Bonchev–Trinajstić information content (AvgIpc) is 2.33. The monoisotopic (exact) mass is 261 g/mol. The molecule has 0 unspecified atom stereocenters. The molecule has 0 spiro atoms. The number of hydrogen-bond donors (Lipinski definition) is 2. The van der Waals surface area contributed by atoms with E-state index in [0.717, 1.165) is 11.1 Å². The maximum atomic E-state index is 11.6. The summed E-state index contributed by atoms with van der Waals surface area (Å²) in [5.41, 5.74) is 1.75. The fourth-order valence-electron chi connectivity index (χ4n) is 1.49. The highest BCUT2D eigenvalue weighted by atomic mass is 16.6. The molecule has 6 nitrogen and oxygen atoms in total. The smallest absolute Gasteiger partial charge is 0.293 e. The molecule has 0 radical (unpaired) electrons. The number of nitrogens with one attached hydrogen (secondary N) is 2. The third-order valence-electron chi connectivity index (χ3n) is 2.60. The van der Waals surface area contributed by atoms with Gasteiger partial charge in [-0.05, 0) is 31.0 Å². The zero-order chi connectivity index (χ0) is 14.4. The van der Waals surface area contributed by atoms with Crippen LogP contribution in [0.15, 0.2) is 12.1 Å². The Labute approximate surface area is 111 Å². The number of anilines is 1. The molecule has 1 aromatic carbocycles. The Kier molecular flexibility index (Phi) is 5.03. The van der Waals surface area contributed by atoms with Crippen LogP contribution < -0.4 is 10.6 Å². The number of terminal acetylenes is 1. The maximum absolute atomic E-state index is 11.6. The van der Waals surface area contributed by atoms with E-state index in [2.05, 4.69) is 16.6 Å². The van der Waals surface area contributed by atoms with E-state index < -0.39 is 4.92 Å². The van der Waals surface area contributed by atoms with Crippen molar-refractivity contribution in [1.29, 1.82) is 0 Å². The normalized spacial score (nSPS) is 9.74. The lowest BCUT2D eigenvalue weighted by Gasteiger charge is -2.08. The molecule has 19 heavy (non-hydrogen) atoms. The van der Waals surface area contributed by atoms with Crippen molar-refractivity contribution in [3.05, 3.63) is 33.4 Å². The van der Waals surface area contributed by atoms with E-state index in [1.807, 2.05) is 6.92 Å². The first-order valence-corrected chi connectivity index (χ1v) is 5.65. The molecule has 0 aliphatic carbocycles. The first-order chi connectivity index (χ1) is 8.95. The summed E-state index contributed by atoms with van der Waals surface area (Å²) in [6.45, 7) is 3.88. The molecular weight excluding hydrogens is 246 g/mol. The predicted molar refractivity (Wildman–Crippen MR) is 72.9 cm³/mol. The van der Waals surface area contributed by atoms with Crippen molar-refractivity contribution < 1.29 is 9.72 Å². The molecule has 6 heteroatoms. The van der Waals surface area contributed by atoms with E-state index >= 15 is 0 Å². The van der Waals surface area contributed by atoms with Gasteiger partial charge in [-0.25, -0.2) is 0 Å². The lowest BCUT2D eigenvalue weighted by Crippen LogP contribution is -2.28. The first kappa shape index (κ1) is 14.7. The molecule has 0 aliphatic heterocycles. The van der Waals surface area contributed by atoms with Crippen LogP contribution in [0.3, 0.4) is 0 Å². The van der Waals surface area contributed by atoms with Gasteiger partial charge in [-0.3, -0.25) is 20.2 Å². The van der Waals surface area contributed by atoms with Crippen LogP contribution in [0.4, 0.5) is 11.4 Å². The summed E-state index contributed by atoms with van der Waals surface area (Å²) in [5.74, 6) is 1.96. The molecule has 0 heterocycles. The molecular formula is C13H15N3O3. The Morgan fingerprint density at radius 1 is 1.42 bits per heavy atom. The zero-order valence-corrected chi connectivity index (χ0v) is 10.8. The van der Waals surface area contributed by atoms with Gasteiger partial charge < -0.3 is 5.32 Å². The second-order valence-electron chi connectivity index (χ2n) is 4.07. The molecule has 0 atom stereocenters. The van der Waals surface area contributed by atoms with Crippen molar-refractivity contribution in [2.75, 3.05) is 18.4 Å². The van der Waals surface area contributed by atoms with Crippen molar-refractivity contribution in [2.45, 2.75) is 13.8 Å². The van der Waals surface area contributed by atoms with Gasteiger partial charge in [0, 0.05) is 6.07 Å². The van der Waals surface area contributed by atoms with Crippen LogP contribution in [0.5, 0.6) is 0 Å². The SMILES string of the molecule is C#CCNCC(=O)Nc1cc(C)c(C)cc1[N+](=O)[O-]. The quantitative estimate of drug-likeness (QED) is 0.363. The first-order valence-electron chi connectivity index (χ1n) is 5.65. The van der Waals surface area contributed by atoms with Crippen LogP contribution in [-0.2, 0) is 4.79 Å². The molecule has 0 saturated carbocycles. The van der Waals surface area contributed by atoms with Crippen molar-refractivity contribution in [1.82, 2.24) is 5.32 Å². The number of carbonyl (C=O) groups is 1. The minimum Gasteiger partial charge on any atom is -0.319 e. The molecule has 0 aliphatic rings. The van der Waals surface area contributed by atoms with E-state index in [9.17, 15) is 14.9 Å². The van der Waals surface area contributed by atoms with E-state index in [0.29, 0.717) is 0 Å². The topological polar surface area (TPSA) is 84.3 Å². The van der Waals surface area contributed by atoms with Gasteiger partial charge in [0.1, 0.15) is 5.69 Å². The Morgan fingerprint density at radius 2 is 2.05 bits per heavy atom. The Morgan fingerprint density at radius 3 is 2.63 bits per heavy atom. The van der Waals surface area contributed by atoms with E-state index in [1.165, 1.54) is 6.07 Å². The maximum Gasteiger partial charge on any atom is 0.293 e.